The molecule has 0 spiro atoms. The summed E-state index contributed by atoms with van der Waals surface area (Å²) in [5.74, 6) is -0.593. The summed E-state index contributed by atoms with van der Waals surface area (Å²) in [5.41, 5.74) is 16.0. The highest BCUT2D eigenvalue weighted by Gasteiger charge is 2.53. The highest BCUT2D eigenvalue weighted by Crippen LogP contribution is 2.68. The van der Waals surface area contributed by atoms with Crippen LogP contribution >= 0.6 is 30.2 Å². The molecular formula is C33H46N15O23P4S+. The lowest BCUT2D eigenvalue weighted by atomic mass is 10.1. The number of methoxy groups -OCH3 is 2. The predicted octanol–water partition coefficient (Wildman–Crippen LogP) is -3.94. The van der Waals surface area contributed by atoms with Gasteiger partial charge in [0.05, 0.1) is 39.5 Å². The summed E-state index contributed by atoms with van der Waals surface area (Å²) in [6, 6.07) is 0. The molecule has 0 aromatic carbocycles. The Bertz CT molecular complexity index is 3490. The van der Waals surface area contributed by atoms with Crippen molar-refractivity contribution in [2.45, 2.75) is 73.6 Å². The first-order chi connectivity index (χ1) is 35.7. The number of nitrogens with one attached hydrogen (secondary N) is 2. The molecule has 3 saturated heterocycles. The van der Waals surface area contributed by atoms with Crippen molar-refractivity contribution in [1.29, 1.82) is 0 Å². The van der Waals surface area contributed by atoms with E-state index >= 15 is 0 Å². The average molecular weight is 1180 g/mol. The standard InChI is InChI=1S/C33H45N15O23P4S/c1-45-10-48(26-16(45)28(53)44-33(36)42-26)30-21(61-2)18(50)12(67-30)4-63-72(54,55)70-74(58,59)71-73(56,57)64-6-13-20(22(62-3)31(68-13)46-8-39-14-23(34)37-7-38-24(14)46)69-75(60,76)65-5-11-17(49)19(51)29(66-11)47-9-40-15-25(47)41-32(35)43-27(15)52/h7-13,17-22,29-31,49-51H,4-6H2,1-3H3,(H11-,34,35,36,37,38,41,42,43,44,52,53,54,55,56,57,58,59,60,76)/p+1/t11-,12-,13-,17?,18+,19+,20?,21?,22+,29-,30-,31-,75?/m1/s1. The Hall–Kier alpha value is -4.73. The third-order valence-corrected chi connectivity index (χ3v) is 17.6. The smallest absolute Gasteiger partial charge is 0.387 e. The van der Waals surface area contributed by atoms with E-state index in [0.29, 0.717) is 0 Å². The van der Waals surface area contributed by atoms with Crippen LogP contribution in [0.25, 0.3) is 33.5 Å². The van der Waals surface area contributed by atoms with Crippen LogP contribution in [0.4, 0.5) is 17.7 Å². The van der Waals surface area contributed by atoms with Crippen LogP contribution in [-0.4, -0.2) is 177 Å². The van der Waals surface area contributed by atoms with Crippen LogP contribution < -0.4 is 32.9 Å². The number of phosphoric acid groups is 3. The van der Waals surface area contributed by atoms with E-state index in [2.05, 4.69) is 48.5 Å². The molecule has 16 atom stereocenters. The molecule has 7 unspecified atom stereocenters. The summed E-state index contributed by atoms with van der Waals surface area (Å²) in [4.78, 5) is 96.8. The number of aliphatic hydroxyl groups is 3. The van der Waals surface area contributed by atoms with Crippen molar-refractivity contribution in [3.63, 3.8) is 0 Å². The third-order valence-electron chi connectivity index (χ3n) is 11.8. The highest BCUT2D eigenvalue weighted by molar-refractivity contribution is 8.07. The Labute approximate surface area is 427 Å². The minimum atomic E-state index is -6.15. The fraction of sp³-hybridized carbons (Fsp3) is 0.545. The Morgan fingerprint density at radius 3 is 1.95 bits per heavy atom. The molecule has 15 N–H and O–H groups in total. The van der Waals surface area contributed by atoms with E-state index in [4.69, 9.17) is 70.8 Å². The van der Waals surface area contributed by atoms with Crippen molar-refractivity contribution < 1.29 is 104 Å². The zero-order chi connectivity index (χ0) is 55.0. The maximum atomic E-state index is 13.3. The molecule has 6 aromatic rings. The lowest BCUT2D eigenvalue weighted by Gasteiger charge is -2.28. The number of nitrogens with two attached hydrogens (primary N) is 3. The van der Waals surface area contributed by atoms with Crippen molar-refractivity contribution in [2.24, 2.45) is 7.05 Å². The normalized spacial score (nSPS) is 30.2. The van der Waals surface area contributed by atoms with Gasteiger partial charge in [0, 0.05) is 14.2 Å². The van der Waals surface area contributed by atoms with Crippen molar-refractivity contribution in [3.8, 4) is 0 Å². The van der Waals surface area contributed by atoms with E-state index in [-0.39, 0.29) is 51.2 Å². The molecule has 3 fully saturated rings. The van der Waals surface area contributed by atoms with Crippen molar-refractivity contribution in [2.75, 3.05) is 51.2 Å². The lowest BCUT2D eigenvalue weighted by molar-refractivity contribution is -0.746. The number of H-pyrrole nitrogens is 2. The Kier molecular flexibility index (Phi) is 15.6. The van der Waals surface area contributed by atoms with Gasteiger partial charge in [-0.05, 0) is 11.8 Å². The first kappa shape index (κ1) is 56.0. The number of nitrogen functional groups attached to an aromatic ring is 3. The van der Waals surface area contributed by atoms with Gasteiger partial charge in [-0.15, -0.1) is 0 Å². The van der Waals surface area contributed by atoms with Crippen LogP contribution in [-0.2, 0) is 83.0 Å². The van der Waals surface area contributed by atoms with Crippen LogP contribution in [0.5, 0.6) is 0 Å². The van der Waals surface area contributed by atoms with Gasteiger partial charge in [0.2, 0.25) is 17.7 Å². The molecule has 3 aliphatic rings. The number of imidazole rings is 3. The molecule has 6 aromatic heterocycles. The van der Waals surface area contributed by atoms with Gasteiger partial charge in [-0.2, -0.15) is 13.6 Å². The number of anilines is 3. The predicted molar refractivity (Wildman–Crippen MR) is 250 cm³/mol. The minimum Gasteiger partial charge on any atom is -0.387 e. The van der Waals surface area contributed by atoms with E-state index < -0.39 is 135 Å². The molecule has 43 heteroatoms. The molecular weight excluding hydrogens is 1130 g/mol. The molecule has 0 aliphatic carbocycles. The molecule has 38 nitrogen and oxygen atoms in total. The van der Waals surface area contributed by atoms with Crippen LogP contribution in [0.2, 0.25) is 0 Å². The quantitative estimate of drug-likeness (QED) is 0.0256. The third kappa shape index (κ3) is 11.1. The molecule has 0 amide bonds. The maximum absolute atomic E-state index is 13.3. The Morgan fingerprint density at radius 2 is 1.28 bits per heavy atom. The van der Waals surface area contributed by atoms with Crippen molar-refractivity contribution in [3.05, 3.63) is 46.0 Å². The Morgan fingerprint density at radius 1 is 0.697 bits per heavy atom. The first-order valence-electron chi connectivity index (χ1n) is 21.5. The number of rotatable bonds is 20. The van der Waals surface area contributed by atoms with Gasteiger partial charge in [0.15, 0.2) is 41.4 Å². The van der Waals surface area contributed by atoms with E-state index in [0.717, 1.165) is 24.3 Å². The number of fused-ring (bicyclic) bond motifs is 3. The molecule has 9 heterocycles. The lowest BCUT2D eigenvalue weighted by Crippen LogP contribution is -2.47. The number of phosphoric ester groups is 2. The van der Waals surface area contributed by atoms with E-state index in [1.54, 1.807) is 0 Å². The summed E-state index contributed by atoms with van der Waals surface area (Å²) >= 11 is 5.29. The van der Waals surface area contributed by atoms with E-state index in [1.165, 1.54) is 40.5 Å². The van der Waals surface area contributed by atoms with Gasteiger partial charge in [0.1, 0.15) is 66.8 Å². The second kappa shape index (κ2) is 21.1. The van der Waals surface area contributed by atoms with Crippen molar-refractivity contribution in [1.82, 2.24) is 53.6 Å². The number of hydrogen-bond acceptors (Lipinski definition) is 29. The van der Waals surface area contributed by atoms with Crippen LogP contribution in [0.3, 0.4) is 0 Å². The van der Waals surface area contributed by atoms with Crippen LogP contribution in [0, 0.1) is 0 Å². The fourth-order valence-electron chi connectivity index (χ4n) is 8.53. The van der Waals surface area contributed by atoms with Gasteiger partial charge in [0.25, 0.3) is 17.1 Å². The summed E-state index contributed by atoms with van der Waals surface area (Å²) in [6.45, 7) is -7.59. The average Bonchev–Trinajstić information content (AvgIpc) is 4.18. The van der Waals surface area contributed by atoms with Gasteiger partial charge >= 0.3 is 35.8 Å². The first-order valence-corrected chi connectivity index (χ1v) is 28.6. The van der Waals surface area contributed by atoms with E-state index in [1.807, 2.05) is 0 Å². The fourth-order valence-corrected chi connectivity index (χ4v) is 13.5. The molecule has 3 aliphatic heterocycles. The Balaban J connectivity index is 0.865. The van der Waals surface area contributed by atoms with Crippen LogP contribution in [0.1, 0.15) is 18.7 Å². The SMILES string of the molecule is COC1[C@@H](O)[C@@H](COP(=O)(O)OP(=O)(O)OP(=O)(O)OC[C@H]2O[C@@H](n3cnc4c(N)ncnc43)[C@@H](OC)C2OP(O)(=S)OC[C@H]2O[C@@H](n3cnc4c(=O)[nH]c(N)nc43)[C@@H](O)C2O)O[C@H]1[n+]1cn(C)c2c(=O)[nH]c(N)nc21. The monoisotopic (exact) mass is 1180 g/mol. The molecule has 9 rings (SSSR count). The van der Waals surface area contributed by atoms with E-state index in [9.17, 15) is 58.2 Å². The van der Waals surface area contributed by atoms with Gasteiger partial charge < -0.3 is 80.3 Å². The summed E-state index contributed by atoms with van der Waals surface area (Å²) < 4.78 is 103. The van der Waals surface area contributed by atoms with Gasteiger partial charge in [-0.3, -0.25) is 46.8 Å². The number of aryl methyl sites for hydroxylation is 1. The van der Waals surface area contributed by atoms with Gasteiger partial charge in [-0.1, -0.05) is 4.98 Å². The maximum Gasteiger partial charge on any atom is 0.490 e. The van der Waals surface area contributed by atoms with Crippen molar-refractivity contribution >= 4 is 93.2 Å². The number of aliphatic hydroxyl groups excluding tert-OH is 3. The number of ether oxygens (including phenoxy) is 5. The summed E-state index contributed by atoms with van der Waals surface area (Å²) in [6.07, 6.45) is -13.4. The topological polar surface area (TPSA) is 534 Å². The second-order valence-electron chi connectivity index (χ2n) is 16.7. The zero-order valence-corrected chi connectivity index (χ0v) is 43.3. The minimum absolute atomic E-state index is 0.00231. The number of aromatic nitrogens is 12. The molecule has 76 heavy (non-hydrogen) atoms. The molecule has 0 radical (unpaired) electrons. The molecule has 416 valence electrons. The van der Waals surface area contributed by atoms with Gasteiger partial charge in [-0.25, -0.2) is 38.2 Å². The number of hydrogen-bond donors (Lipinski definition) is 12. The number of aromatic amines is 2. The van der Waals surface area contributed by atoms with Crippen LogP contribution in [0.15, 0.2) is 34.9 Å². The summed E-state index contributed by atoms with van der Waals surface area (Å²) in [5, 5.41) is 32.9. The molecule has 0 bridgehead atoms. The number of nitrogens with zero attached hydrogens (tertiary/aromatic N) is 10. The zero-order valence-electron chi connectivity index (χ0n) is 38.9. The molecule has 0 saturated carbocycles. The second-order valence-corrected chi connectivity index (χ2v) is 24.1. The largest absolute Gasteiger partial charge is 0.490 e. The summed E-state index contributed by atoms with van der Waals surface area (Å²) in [7, 11) is -14.0. The highest BCUT2D eigenvalue weighted by atomic mass is 32.5.